The molecule has 1 N–H and O–H groups in total. The molecule has 0 aliphatic rings. The molecule has 0 atom stereocenters. The van der Waals surface area contributed by atoms with Gasteiger partial charge in [-0.05, 0) is 40.8 Å². The van der Waals surface area contributed by atoms with Crippen molar-refractivity contribution in [1.29, 1.82) is 0 Å². The summed E-state index contributed by atoms with van der Waals surface area (Å²) in [6.07, 6.45) is 0. The van der Waals surface area contributed by atoms with Crippen LogP contribution in [0.25, 0.3) is 0 Å². The molecule has 1 rings (SSSR count). The highest BCUT2D eigenvalue weighted by molar-refractivity contribution is 14.1. The lowest BCUT2D eigenvalue weighted by Crippen LogP contribution is -2.34. The molecule has 0 aliphatic heterocycles. The topological polar surface area (TPSA) is 29.1 Å². The van der Waals surface area contributed by atoms with Crippen LogP contribution < -0.4 is 5.32 Å². The fourth-order valence-electron chi connectivity index (χ4n) is 1.00. The lowest BCUT2D eigenvalue weighted by molar-refractivity contribution is 0.0221. The van der Waals surface area contributed by atoms with Crippen molar-refractivity contribution >= 4 is 40.1 Å². The van der Waals surface area contributed by atoms with Crippen LogP contribution in [0.4, 0.5) is 8.78 Å². The lowest BCUT2D eigenvalue weighted by atomic mass is 10.2. The zero-order chi connectivity index (χ0) is 12.3. The Kier molecular flexibility index (Phi) is 4.49. The third-order valence-corrected chi connectivity index (χ3v) is 2.73. The Morgan fingerprint density at radius 2 is 2.19 bits per heavy atom. The maximum atomic E-state index is 12.5. The first-order valence-electron chi connectivity index (χ1n) is 4.41. The third kappa shape index (κ3) is 4.21. The van der Waals surface area contributed by atoms with E-state index in [-0.39, 0.29) is 10.6 Å². The summed E-state index contributed by atoms with van der Waals surface area (Å²) in [6.45, 7) is 0.0390. The molecule has 0 aliphatic carbocycles. The van der Waals surface area contributed by atoms with E-state index in [1.807, 2.05) is 22.6 Å². The van der Waals surface area contributed by atoms with Gasteiger partial charge in [0.25, 0.3) is 11.8 Å². The van der Waals surface area contributed by atoms with Crippen LogP contribution in [0.1, 0.15) is 17.3 Å². The molecule has 0 saturated carbocycles. The van der Waals surface area contributed by atoms with Gasteiger partial charge in [0.15, 0.2) is 0 Å². The van der Waals surface area contributed by atoms with Crippen molar-refractivity contribution in [3.05, 3.63) is 32.4 Å². The van der Waals surface area contributed by atoms with Gasteiger partial charge >= 0.3 is 0 Å². The Balaban J connectivity index is 2.77. The van der Waals surface area contributed by atoms with Gasteiger partial charge in [0, 0.05) is 10.5 Å². The van der Waals surface area contributed by atoms with Crippen molar-refractivity contribution < 1.29 is 13.6 Å². The second-order valence-electron chi connectivity index (χ2n) is 3.38. The van der Waals surface area contributed by atoms with E-state index in [9.17, 15) is 13.6 Å². The monoisotopic (exact) mass is 359 g/mol. The van der Waals surface area contributed by atoms with Gasteiger partial charge in [-0.1, -0.05) is 11.6 Å². The number of alkyl halides is 2. The van der Waals surface area contributed by atoms with Gasteiger partial charge in [0.1, 0.15) is 0 Å². The van der Waals surface area contributed by atoms with E-state index in [2.05, 4.69) is 5.32 Å². The summed E-state index contributed by atoms with van der Waals surface area (Å²) in [6, 6.07) is 4.84. The quantitative estimate of drug-likeness (QED) is 0.824. The van der Waals surface area contributed by atoms with Crippen LogP contribution in [-0.2, 0) is 0 Å². The highest BCUT2D eigenvalue weighted by Gasteiger charge is 2.22. The standard InChI is InChI=1S/C10H9ClF2INO/c1-10(12,13)5-15-9(16)7-4-6(14)2-3-8(7)11/h2-4H,5H2,1H3,(H,15,16). The second-order valence-corrected chi connectivity index (χ2v) is 5.03. The molecule has 16 heavy (non-hydrogen) atoms. The number of hydrogen-bond donors (Lipinski definition) is 1. The highest BCUT2D eigenvalue weighted by Crippen LogP contribution is 2.19. The van der Waals surface area contributed by atoms with Gasteiger partial charge in [0.2, 0.25) is 0 Å². The smallest absolute Gasteiger partial charge is 0.262 e. The maximum Gasteiger partial charge on any atom is 0.262 e. The third-order valence-electron chi connectivity index (χ3n) is 1.73. The van der Waals surface area contributed by atoms with Gasteiger partial charge in [-0.2, -0.15) is 0 Å². The molecule has 2 nitrogen and oxygen atoms in total. The van der Waals surface area contributed by atoms with E-state index in [0.717, 1.165) is 10.5 Å². The minimum atomic E-state index is -2.93. The number of hydrogen-bond acceptors (Lipinski definition) is 1. The molecule has 0 spiro atoms. The minimum Gasteiger partial charge on any atom is -0.346 e. The highest BCUT2D eigenvalue weighted by atomic mass is 127. The molecule has 0 unspecified atom stereocenters. The molecular weight excluding hydrogens is 350 g/mol. The van der Waals surface area contributed by atoms with E-state index in [1.54, 1.807) is 18.2 Å². The number of carbonyl (C=O) groups excluding carboxylic acids is 1. The summed E-state index contributed by atoms with van der Waals surface area (Å²) in [7, 11) is 0. The molecular formula is C10H9ClF2INO. The molecule has 1 amide bonds. The maximum absolute atomic E-state index is 12.5. The molecule has 0 aromatic heterocycles. The zero-order valence-corrected chi connectivity index (χ0v) is 11.3. The average Bonchev–Trinajstić information content (AvgIpc) is 2.17. The largest absolute Gasteiger partial charge is 0.346 e. The van der Waals surface area contributed by atoms with Gasteiger partial charge in [-0.25, -0.2) is 8.78 Å². The first-order valence-corrected chi connectivity index (χ1v) is 5.86. The van der Waals surface area contributed by atoms with Crippen molar-refractivity contribution in [3.63, 3.8) is 0 Å². The summed E-state index contributed by atoms with van der Waals surface area (Å²) in [5.41, 5.74) is 0.206. The van der Waals surface area contributed by atoms with E-state index >= 15 is 0 Å². The molecule has 88 valence electrons. The minimum absolute atomic E-state index is 0.206. The Bertz CT molecular complexity index is 406. The Morgan fingerprint density at radius 1 is 1.56 bits per heavy atom. The molecule has 0 saturated heterocycles. The predicted molar refractivity (Wildman–Crippen MR) is 67.1 cm³/mol. The van der Waals surface area contributed by atoms with Crippen molar-refractivity contribution in [1.82, 2.24) is 5.32 Å². The van der Waals surface area contributed by atoms with Crippen molar-refractivity contribution in [3.8, 4) is 0 Å². The summed E-state index contributed by atoms with van der Waals surface area (Å²) < 4.78 is 25.9. The molecule has 6 heteroatoms. The van der Waals surface area contributed by atoms with Gasteiger partial charge in [-0.3, -0.25) is 4.79 Å². The van der Waals surface area contributed by atoms with Crippen molar-refractivity contribution in [2.75, 3.05) is 6.54 Å². The lowest BCUT2D eigenvalue weighted by Gasteiger charge is -2.12. The van der Waals surface area contributed by atoms with Crippen LogP contribution >= 0.6 is 34.2 Å². The number of amides is 1. The van der Waals surface area contributed by atoms with E-state index in [4.69, 9.17) is 11.6 Å². The van der Waals surface area contributed by atoms with Crippen LogP contribution in [0.5, 0.6) is 0 Å². The number of halogens is 4. The van der Waals surface area contributed by atoms with Crippen LogP contribution in [-0.4, -0.2) is 18.4 Å². The number of carbonyl (C=O) groups is 1. The summed E-state index contributed by atoms with van der Waals surface area (Å²) in [5, 5.41) is 2.38. The van der Waals surface area contributed by atoms with Crippen molar-refractivity contribution in [2.24, 2.45) is 0 Å². The van der Waals surface area contributed by atoms with Crippen LogP contribution in [0, 0.1) is 3.57 Å². The van der Waals surface area contributed by atoms with Crippen LogP contribution in [0.3, 0.4) is 0 Å². The summed E-state index contributed by atoms with van der Waals surface area (Å²) in [4.78, 5) is 11.5. The Morgan fingerprint density at radius 3 is 2.75 bits per heavy atom. The molecule has 0 fully saturated rings. The van der Waals surface area contributed by atoms with Crippen LogP contribution in [0.15, 0.2) is 18.2 Å². The van der Waals surface area contributed by atoms with E-state index < -0.39 is 18.4 Å². The molecule has 0 bridgehead atoms. The fraction of sp³-hybridized carbons (Fsp3) is 0.300. The molecule has 1 aromatic rings. The normalized spacial score (nSPS) is 11.3. The van der Waals surface area contributed by atoms with Gasteiger partial charge in [-0.15, -0.1) is 0 Å². The first-order chi connectivity index (χ1) is 7.29. The predicted octanol–water partition coefficient (Wildman–Crippen LogP) is 3.33. The molecule has 0 heterocycles. The zero-order valence-electron chi connectivity index (χ0n) is 8.36. The molecule has 1 aromatic carbocycles. The van der Waals surface area contributed by atoms with E-state index in [0.29, 0.717) is 0 Å². The summed E-state index contributed by atoms with van der Waals surface area (Å²) in [5.74, 6) is -3.52. The summed E-state index contributed by atoms with van der Waals surface area (Å²) >= 11 is 7.80. The van der Waals surface area contributed by atoms with E-state index in [1.165, 1.54) is 0 Å². The fourth-order valence-corrected chi connectivity index (χ4v) is 1.70. The second kappa shape index (κ2) is 5.27. The van der Waals surface area contributed by atoms with Gasteiger partial charge < -0.3 is 5.32 Å². The van der Waals surface area contributed by atoms with Crippen molar-refractivity contribution in [2.45, 2.75) is 12.8 Å². The Labute approximate surface area is 110 Å². The van der Waals surface area contributed by atoms with Gasteiger partial charge in [0.05, 0.1) is 17.1 Å². The number of benzene rings is 1. The number of rotatable bonds is 3. The Hall–Kier alpha value is -0.430. The SMILES string of the molecule is CC(F)(F)CNC(=O)c1cc(I)ccc1Cl. The van der Waals surface area contributed by atoms with Crippen LogP contribution in [0.2, 0.25) is 5.02 Å². The average molecular weight is 360 g/mol. The number of nitrogens with one attached hydrogen (secondary N) is 1. The molecule has 0 radical (unpaired) electrons. The first kappa shape index (κ1) is 13.6.